The number of fused-ring (bicyclic) bond motifs is 1. The summed E-state index contributed by atoms with van der Waals surface area (Å²) in [7, 11) is -8.12. The van der Waals surface area contributed by atoms with Gasteiger partial charge in [-0.15, -0.1) is 0 Å². The van der Waals surface area contributed by atoms with Gasteiger partial charge in [-0.2, -0.15) is 0 Å². The highest BCUT2D eigenvalue weighted by Crippen LogP contribution is 3.02. The van der Waals surface area contributed by atoms with E-state index in [0.717, 1.165) is 47.5 Å². The van der Waals surface area contributed by atoms with Gasteiger partial charge in [-0.1, -0.05) is 50.2 Å². The Hall–Kier alpha value is -3.54. The van der Waals surface area contributed by atoms with E-state index in [1.807, 2.05) is 46.9 Å². The average Bonchev–Trinajstić information content (AvgIpc) is 3.28. The lowest BCUT2D eigenvalue weighted by Gasteiger charge is -2.41. The first-order valence-corrected chi connectivity index (χ1v) is 13.5. The van der Waals surface area contributed by atoms with Crippen LogP contribution in [-0.2, 0) is 4.84 Å². The quantitative estimate of drug-likeness (QED) is 0.299. The third kappa shape index (κ3) is 5.64. The number of methoxy groups -OCH3 is 1. The topological polar surface area (TPSA) is 51.9 Å². The largest absolute Gasteiger partial charge is 0.495 e. The molecule has 6 nitrogen and oxygen atoms in total. The minimum atomic E-state index is -9.72. The molecule has 2 aliphatic rings. The molecule has 0 saturated carbocycles. The smallest absolute Gasteiger partial charge is 0.310 e. The first-order valence-electron chi connectivity index (χ1n) is 11.5. The third-order valence-electron chi connectivity index (χ3n) is 6.35. The number of imidazole rings is 1. The van der Waals surface area contributed by atoms with E-state index >= 15 is 0 Å². The molecule has 0 aliphatic carbocycles. The second-order valence-corrected chi connectivity index (χ2v) is 11.5. The van der Waals surface area contributed by atoms with E-state index < -0.39 is 21.2 Å². The van der Waals surface area contributed by atoms with E-state index in [0.29, 0.717) is 42.4 Å². The van der Waals surface area contributed by atoms with Crippen LogP contribution in [0.1, 0.15) is 43.2 Å². The van der Waals surface area contributed by atoms with Crippen LogP contribution in [0, 0.1) is 6.92 Å². The molecule has 206 valence electrons. The molecule has 2 aliphatic heterocycles. The zero-order valence-corrected chi connectivity index (χ0v) is 20.9. The number of ether oxygens (including phenoxy) is 1. The molecule has 5 rings (SSSR count). The van der Waals surface area contributed by atoms with Crippen LogP contribution in [0.3, 0.4) is 0 Å². The first kappa shape index (κ1) is 27.5. The number of nitrogens with zero attached hydrogens (tertiary/aromatic N) is 4. The van der Waals surface area contributed by atoms with Crippen molar-refractivity contribution in [1.82, 2.24) is 14.5 Å². The number of aromatic nitrogens is 2. The average molecular weight is 557 g/mol. The maximum atomic E-state index is 13.0. The minimum absolute atomic E-state index is 0. The molecule has 3 heterocycles. The highest BCUT2D eigenvalue weighted by atomic mass is 32.5. The summed E-state index contributed by atoms with van der Waals surface area (Å²) in [5.41, 5.74) is 3.95. The molecule has 0 N–H and O–H groups in total. The van der Waals surface area contributed by atoms with E-state index in [9.17, 15) is 19.4 Å². The van der Waals surface area contributed by atoms with E-state index in [-0.39, 0.29) is 7.43 Å². The maximum absolute atomic E-state index is 13.0. The van der Waals surface area contributed by atoms with Crippen molar-refractivity contribution in [2.24, 2.45) is 5.16 Å². The number of rotatable bonds is 5. The van der Waals surface area contributed by atoms with Gasteiger partial charge in [0, 0.05) is 12.7 Å². The summed E-state index contributed by atoms with van der Waals surface area (Å²) in [6.45, 7) is 2.95. The molecule has 0 bridgehead atoms. The Labute approximate surface area is 218 Å². The van der Waals surface area contributed by atoms with Crippen molar-refractivity contribution in [3.63, 3.8) is 0 Å². The molecule has 0 amide bonds. The van der Waals surface area contributed by atoms with Crippen LogP contribution >= 0.6 is 10.2 Å². The molecule has 0 spiro atoms. The Morgan fingerprint density at radius 2 is 1.82 bits per heavy atom. The molecule has 1 unspecified atom stereocenters. The van der Waals surface area contributed by atoms with E-state index in [1.54, 1.807) is 13.4 Å². The molecule has 38 heavy (non-hydrogen) atoms. The van der Waals surface area contributed by atoms with Crippen molar-refractivity contribution in [3.05, 3.63) is 77.4 Å². The van der Waals surface area contributed by atoms with Crippen LogP contribution in [0.25, 0.3) is 11.8 Å². The minimum Gasteiger partial charge on any atom is -0.495 e. The Bertz CT molecular complexity index is 1400. The second-order valence-electron chi connectivity index (χ2n) is 9.12. The van der Waals surface area contributed by atoms with Crippen LogP contribution in [0.15, 0.2) is 70.6 Å². The van der Waals surface area contributed by atoms with Gasteiger partial charge < -0.3 is 19.0 Å². The second kappa shape index (κ2) is 9.04. The van der Waals surface area contributed by atoms with Gasteiger partial charge in [-0.25, -0.2) is 4.98 Å². The van der Waals surface area contributed by atoms with Crippen molar-refractivity contribution in [3.8, 4) is 11.4 Å². The summed E-state index contributed by atoms with van der Waals surface area (Å²) in [4.78, 5) is 9.95. The fourth-order valence-electron chi connectivity index (χ4n) is 4.52. The predicted octanol–water partition coefficient (Wildman–Crippen LogP) is 8.05. The lowest BCUT2D eigenvalue weighted by Crippen LogP contribution is -2.43. The van der Waals surface area contributed by atoms with Crippen LogP contribution in [0.2, 0.25) is 0 Å². The number of hydrogen-bond acceptors (Lipinski definition) is 5. The Morgan fingerprint density at radius 1 is 1.08 bits per heavy atom. The number of oxime groups is 1. The number of aryl methyl sites for hydroxylation is 1. The standard InChI is InChI=1S/C25H25F5N4O2S.CH4/c1-17-14-34(16-31-17)22-10-5-18(13-23(22)35-2)12-20-4-3-11-33-15-24(36-32-25(20)33)19-6-8-21(9-7-19)37(26,27,28,29)30;/h5-10,12-14,16,24H,3-4,11,15H2,1-2H3;1H4/b20-12+;. The monoisotopic (exact) mass is 556 g/mol. The van der Waals surface area contributed by atoms with Gasteiger partial charge in [0.15, 0.2) is 11.9 Å². The van der Waals surface area contributed by atoms with Crippen LogP contribution < -0.4 is 4.74 Å². The molecule has 1 saturated heterocycles. The van der Waals surface area contributed by atoms with E-state index in [2.05, 4.69) is 10.1 Å². The number of halogens is 5. The van der Waals surface area contributed by atoms with Gasteiger partial charge in [-0.3, -0.25) is 0 Å². The summed E-state index contributed by atoms with van der Waals surface area (Å²) >= 11 is 0. The fraction of sp³-hybridized carbons (Fsp3) is 0.308. The van der Waals surface area contributed by atoms with Gasteiger partial charge in [0.25, 0.3) is 0 Å². The summed E-state index contributed by atoms with van der Waals surface area (Å²) in [6, 6.07) is 8.68. The summed E-state index contributed by atoms with van der Waals surface area (Å²) in [5.74, 6) is 1.33. The molecular weight excluding hydrogens is 527 g/mol. The van der Waals surface area contributed by atoms with Gasteiger partial charge in [0.1, 0.15) is 10.6 Å². The van der Waals surface area contributed by atoms with Gasteiger partial charge in [-0.05, 0) is 66.8 Å². The maximum Gasteiger partial charge on any atom is 0.310 e. The van der Waals surface area contributed by atoms with Crippen LogP contribution in [0.5, 0.6) is 5.75 Å². The zero-order valence-electron chi connectivity index (χ0n) is 20.1. The normalized spacial score (nSPS) is 20.4. The fourth-order valence-corrected chi connectivity index (χ4v) is 5.17. The Kier molecular flexibility index (Phi) is 6.54. The Balaban J connectivity index is 0.00000336. The lowest BCUT2D eigenvalue weighted by molar-refractivity contribution is 0.0183. The molecule has 0 radical (unpaired) electrons. The van der Waals surface area contributed by atoms with Crippen molar-refractivity contribution >= 4 is 22.1 Å². The van der Waals surface area contributed by atoms with Crippen molar-refractivity contribution in [1.29, 1.82) is 0 Å². The van der Waals surface area contributed by atoms with Crippen molar-refractivity contribution in [2.75, 3.05) is 20.2 Å². The lowest BCUT2D eigenvalue weighted by atomic mass is 9.98. The van der Waals surface area contributed by atoms with Crippen LogP contribution in [-0.4, -0.2) is 40.5 Å². The van der Waals surface area contributed by atoms with Crippen LogP contribution in [0.4, 0.5) is 19.4 Å². The third-order valence-corrected chi connectivity index (χ3v) is 7.51. The van der Waals surface area contributed by atoms with Crippen molar-refractivity contribution in [2.45, 2.75) is 38.2 Å². The van der Waals surface area contributed by atoms with E-state index in [1.165, 1.54) is 0 Å². The van der Waals surface area contributed by atoms with Gasteiger partial charge in [0.2, 0.25) is 0 Å². The summed E-state index contributed by atoms with van der Waals surface area (Å²) < 4.78 is 72.7. The molecular formula is C26H29F5N4O2S. The number of piperidine rings is 1. The molecule has 1 fully saturated rings. The molecule has 2 aromatic carbocycles. The number of benzene rings is 2. The van der Waals surface area contributed by atoms with Gasteiger partial charge >= 0.3 is 10.2 Å². The summed E-state index contributed by atoms with van der Waals surface area (Å²) in [5, 5.41) is 4.26. The Morgan fingerprint density at radius 3 is 2.45 bits per heavy atom. The SMILES string of the molecule is C.COc1cc(/C=C2\CCCN3CC(c4ccc(S(F)(F)(F)(F)F)cc4)ON=C23)ccc1-n1cnc(C)c1. The predicted molar refractivity (Wildman–Crippen MR) is 139 cm³/mol. The number of amidine groups is 1. The highest BCUT2D eigenvalue weighted by molar-refractivity contribution is 8.45. The zero-order chi connectivity index (χ0) is 26.5. The summed E-state index contributed by atoms with van der Waals surface area (Å²) in [6.07, 6.45) is 6.58. The highest BCUT2D eigenvalue weighted by Gasteiger charge is 2.65. The van der Waals surface area contributed by atoms with E-state index in [4.69, 9.17) is 9.57 Å². The van der Waals surface area contributed by atoms with Crippen molar-refractivity contribution < 1.29 is 29.0 Å². The number of hydrogen-bond donors (Lipinski definition) is 0. The molecule has 3 aromatic rings. The van der Waals surface area contributed by atoms with Gasteiger partial charge in [0.05, 0.1) is 31.4 Å². The first-order chi connectivity index (χ1) is 17.3. The molecule has 1 atom stereocenters. The molecule has 12 heteroatoms. The molecule has 1 aromatic heterocycles.